The fourth-order valence-corrected chi connectivity index (χ4v) is 4.87. The molecule has 7 heteroatoms. The second-order valence-corrected chi connectivity index (χ2v) is 9.56. The van der Waals surface area contributed by atoms with Crippen molar-refractivity contribution in [2.24, 2.45) is 0 Å². The van der Waals surface area contributed by atoms with E-state index in [1.165, 1.54) is 38.2 Å². The predicted molar refractivity (Wildman–Crippen MR) is 140 cm³/mol. The highest BCUT2D eigenvalue weighted by atomic mass is 16.7. The van der Waals surface area contributed by atoms with Gasteiger partial charge >= 0.3 is 6.09 Å². The fraction of sp³-hybridized carbons (Fsp3) is 0.483. The van der Waals surface area contributed by atoms with E-state index in [0.29, 0.717) is 5.69 Å². The quantitative estimate of drug-likeness (QED) is 0.457. The summed E-state index contributed by atoms with van der Waals surface area (Å²) in [5.74, 6) is 0. The Labute approximate surface area is 214 Å². The third-order valence-corrected chi connectivity index (χ3v) is 6.76. The van der Waals surface area contributed by atoms with Crippen molar-refractivity contribution in [1.29, 1.82) is 0 Å². The molecule has 36 heavy (non-hydrogen) atoms. The maximum Gasteiger partial charge on any atom is 0.411 e. The van der Waals surface area contributed by atoms with Crippen LogP contribution < -0.4 is 5.32 Å². The monoisotopic (exact) mass is 494 g/mol. The van der Waals surface area contributed by atoms with Crippen molar-refractivity contribution in [1.82, 2.24) is 4.90 Å². The Bertz CT molecular complexity index is 972. The first-order valence-electron chi connectivity index (χ1n) is 13.0. The zero-order valence-corrected chi connectivity index (χ0v) is 20.9. The van der Waals surface area contributed by atoms with Crippen LogP contribution in [-0.4, -0.2) is 48.4 Å². The molecule has 7 nitrogen and oxygen atoms in total. The van der Waals surface area contributed by atoms with Crippen molar-refractivity contribution >= 4 is 11.8 Å². The van der Waals surface area contributed by atoms with Crippen LogP contribution in [0.3, 0.4) is 0 Å². The van der Waals surface area contributed by atoms with Crippen molar-refractivity contribution in [2.45, 2.75) is 63.6 Å². The van der Waals surface area contributed by atoms with Gasteiger partial charge in [-0.2, -0.15) is 0 Å². The number of hydrogen-bond donors (Lipinski definition) is 2. The van der Waals surface area contributed by atoms with Gasteiger partial charge in [0.25, 0.3) is 0 Å². The molecule has 0 unspecified atom stereocenters. The highest BCUT2D eigenvalue weighted by Crippen LogP contribution is 2.38. The summed E-state index contributed by atoms with van der Waals surface area (Å²) >= 11 is 0. The van der Waals surface area contributed by atoms with Gasteiger partial charge in [-0.15, -0.1) is 0 Å². The minimum atomic E-state index is -0.563. The zero-order valence-electron chi connectivity index (χ0n) is 20.9. The molecule has 2 aromatic carbocycles. The molecule has 2 N–H and O–H groups in total. The molecule has 2 aliphatic heterocycles. The molecule has 4 rings (SSSR count). The van der Waals surface area contributed by atoms with Crippen LogP contribution in [0.1, 0.15) is 67.6 Å². The summed E-state index contributed by atoms with van der Waals surface area (Å²) in [7, 11) is 0. The van der Waals surface area contributed by atoms with E-state index in [0.717, 1.165) is 42.7 Å². The summed E-state index contributed by atoms with van der Waals surface area (Å²) in [4.78, 5) is 14.5. The van der Waals surface area contributed by atoms with E-state index in [2.05, 4.69) is 16.8 Å². The fourth-order valence-electron chi connectivity index (χ4n) is 4.87. The number of carbonyl (C=O) groups excluding carboxylic acids is 1. The van der Waals surface area contributed by atoms with E-state index in [1.807, 2.05) is 48.5 Å². The van der Waals surface area contributed by atoms with Crippen LogP contribution in [-0.2, 0) is 20.8 Å². The summed E-state index contributed by atoms with van der Waals surface area (Å²) < 4.78 is 18.0. The van der Waals surface area contributed by atoms with Crippen LogP contribution in [0.15, 0.2) is 61.2 Å². The SMILES string of the molecule is C=CCOC(=O)Nc1cccc([C@@H]2O[C@H](CN3CCCCCCC3)C[C@H](c3ccc(CO)cc3)O2)c1. The van der Waals surface area contributed by atoms with Crippen LogP contribution in [0.5, 0.6) is 0 Å². The van der Waals surface area contributed by atoms with E-state index in [1.54, 1.807) is 0 Å². The van der Waals surface area contributed by atoms with Gasteiger partial charge in [-0.1, -0.05) is 68.3 Å². The molecule has 0 radical (unpaired) electrons. The van der Waals surface area contributed by atoms with Gasteiger partial charge in [-0.25, -0.2) is 4.79 Å². The van der Waals surface area contributed by atoms with Gasteiger partial charge in [-0.3, -0.25) is 5.32 Å². The molecule has 0 saturated carbocycles. The predicted octanol–water partition coefficient (Wildman–Crippen LogP) is 5.72. The molecule has 2 aromatic rings. The Kier molecular flexibility index (Phi) is 9.93. The number of anilines is 1. The van der Waals surface area contributed by atoms with Crippen molar-refractivity contribution in [2.75, 3.05) is 31.6 Å². The molecule has 194 valence electrons. The van der Waals surface area contributed by atoms with Crippen LogP contribution in [0.4, 0.5) is 10.5 Å². The summed E-state index contributed by atoms with van der Waals surface area (Å²) in [6.07, 6.45) is 7.46. The number of amides is 1. The second kappa shape index (κ2) is 13.6. The van der Waals surface area contributed by atoms with E-state index in [4.69, 9.17) is 14.2 Å². The first-order chi connectivity index (χ1) is 17.6. The average molecular weight is 495 g/mol. The number of rotatable bonds is 8. The summed E-state index contributed by atoms with van der Waals surface area (Å²) in [5.41, 5.74) is 3.40. The van der Waals surface area contributed by atoms with E-state index >= 15 is 0 Å². The number of likely N-dealkylation sites (tertiary alicyclic amines) is 1. The molecule has 0 spiro atoms. The number of carbonyl (C=O) groups is 1. The maximum absolute atomic E-state index is 12.0. The first-order valence-corrected chi connectivity index (χ1v) is 13.0. The maximum atomic E-state index is 12.0. The van der Waals surface area contributed by atoms with Crippen molar-refractivity contribution in [3.63, 3.8) is 0 Å². The van der Waals surface area contributed by atoms with Gasteiger partial charge in [0, 0.05) is 24.2 Å². The van der Waals surface area contributed by atoms with Crippen LogP contribution in [0.2, 0.25) is 0 Å². The molecule has 3 atom stereocenters. The lowest BCUT2D eigenvalue weighted by atomic mass is 9.99. The number of benzene rings is 2. The number of aliphatic hydroxyl groups excluding tert-OH is 1. The number of nitrogens with zero attached hydrogens (tertiary/aromatic N) is 1. The van der Waals surface area contributed by atoms with Gasteiger partial charge < -0.3 is 24.2 Å². The molecule has 2 saturated heterocycles. The molecule has 1 amide bonds. The van der Waals surface area contributed by atoms with Crippen molar-refractivity contribution < 1.29 is 24.1 Å². The molecule has 0 bridgehead atoms. The molecule has 2 heterocycles. The van der Waals surface area contributed by atoms with E-state index in [-0.39, 0.29) is 25.4 Å². The third kappa shape index (κ3) is 7.64. The van der Waals surface area contributed by atoms with Gasteiger partial charge in [0.1, 0.15) is 6.61 Å². The standard InChI is InChI=1S/C29H38N2O5/c1-2-17-34-29(33)30-25-10-8-9-24(18-25)28-35-26(20-31-15-6-4-3-5-7-16-31)19-27(36-28)23-13-11-22(21-32)12-14-23/h2,8-14,18,26-28,32H,1,3-7,15-17,19-21H2,(H,30,33)/t26-,27+,28+/m0/s1. The number of hydrogen-bond acceptors (Lipinski definition) is 6. The Morgan fingerprint density at radius 1 is 1.06 bits per heavy atom. The highest BCUT2D eigenvalue weighted by Gasteiger charge is 2.33. The Morgan fingerprint density at radius 3 is 2.53 bits per heavy atom. The lowest BCUT2D eigenvalue weighted by Gasteiger charge is -2.39. The van der Waals surface area contributed by atoms with Crippen molar-refractivity contribution in [3.8, 4) is 0 Å². The smallest absolute Gasteiger partial charge is 0.411 e. The normalized spacial score (nSPS) is 23.3. The zero-order chi connectivity index (χ0) is 25.2. The lowest BCUT2D eigenvalue weighted by molar-refractivity contribution is -0.253. The topological polar surface area (TPSA) is 80.3 Å². The molecule has 2 aliphatic rings. The molecule has 0 aromatic heterocycles. The summed E-state index contributed by atoms with van der Waals surface area (Å²) in [6.45, 7) is 6.81. The first kappa shape index (κ1) is 26.4. The Morgan fingerprint density at radius 2 is 1.81 bits per heavy atom. The minimum absolute atomic E-state index is 0.0138. The Balaban J connectivity index is 1.51. The number of ether oxygens (including phenoxy) is 3. The van der Waals surface area contributed by atoms with E-state index in [9.17, 15) is 9.90 Å². The average Bonchev–Trinajstić information content (AvgIpc) is 2.89. The number of nitrogens with one attached hydrogen (secondary N) is 1. The number of aliphatic hydroxyl groups is 1. The van der Waals surface area contributed by atoms with Gasteiger partial charge in [0.05, 0.1) is 18.8 Å². The molecular formula is C29H38N2O5. The van der Waals surface area contributed by atoms with Gasteiger partial charge in [0.2, 0.25) is 0 Å². The van der Waals surface area contributed by atoms with Crippen LogP contribution in [0, 0.1) is 0 Å². The van der Waals surface area contributed by atoms with Crippen molar-refractivity contribution in [3.05, 3.63) is 77.9 Å². The van der Waals surface area contributed by atoms with Gasteiger partial charge in [0.15, 0.2) is 6.29 Å². The minimum Gasteiger partial charge on any atom is -0.445 e. The summed E-state index contributed by atoms with van der Waals surface area (Å²) in [5, 5.41) is 12.2. The van der Waals surface area contributed by atoms with E-state index < -0.39 is 12.4 Å². The third-order valence-electron chi connectivity index (χ3n) is 6.76. The lowest BCUT2D eigenvalue weighted by Crippen LogP contribution is -2.40. The molecule has 2 fully saturated rings. The van der Waals surface area contributed by atoms with Crippen LogP contribution >= 0.6 is 0 Å². The second-order valence-electron chi connectivity index (χ2n) is 9.56. The highest BCUT2D eigenvalue weighted by molar-refractivity contribution is 5.84. The largest absolute Gasteiger partial charge is 0.445 e. The Hall–Kier alpha value is -2.71. The summed E-state index contributed by atoms with van der Waals surface area (Å²) in [6, 6.07) is 15.4. The molecule has 0 aliphatic carbocycles. The van der Waals surface area contributed by atoms with Gasteiger partial charge in [-0.05, 0) is 49.2 Å². The molecular weight excluding hydrogens is 456 g/mol. The van der Waals surface area contributed by atoms with Crippen LogP contribution in [0.25, 0.3) is 0 Å².